The Morgan fingerprint density at radius 3 is 1.87 bits per heavy atom. The summed E-state index contributed by atoms with van der Waals surface area (Å²) < 4.78 is 24.0. The Morgan fingerprint density at radius 2 is 1.43 bits per heavy atom. The van der Waals surface area contributed by atoms with E-state index >= 15 is 0 Å². The van der Waals surface area contributed by atoms with Gasteiger partial charge in [0, 0.05) is 24.4 Å². The molecule has 0 saturated heterocycles. The molecule has 5 nitrogen and oxygen atoms in total. The van der Waals surface area contributed by atoms with Gasteiger partial charge in [-0.3, -0.25) is 0 Å². The van der Waals surface area contributed by atoms with Crippen LogP contribution in [0.2, 0.25) is 36.3 Å². The standard InChI is InChI=1S/C23H41NO4Si2/c1-13-20-21(26-17-25-8)19(16-28-30(11,12)23(5,6)7)18(14-24-20)15-27-29(9,10)22(2,3)4/h1,14H,15-17H2,2-12H3. The summed E-state index contributed by atoms with van der Waals surface area (Å²) >= 11 is 0. The molecule has 0 fully saturated rings. The highest BCUT2D eigenvalue weighted by molar-refractivity contribution is 6.74. The van der Waals surface area contributed by atoms with E-state index < -0.39 is 16.6 Å². The van der Waals surface area contributed by atoms with Gasteiger partial charge < -0.3 is 18.3 Å². The van der Waals surface area contributed by atoms with Crippen LogP contribution in [0.3, 0.4) is 0 Å². The summed E-state index contributed by atoms with van der Waals surface area (Å²) in [5.41, 5.74) is 2.30. The Balaban J connectivity index is 3.35. The predicted octanol–water partition coefficient (Wildman–Crippen LogP) is 6.09. The average Bonchev–Trinajstić information content (AvgIpc) is 2.61. The van der Waals surface area contributed by atoms with Crippen molar-refractivity contribution in [3.63, 3.8) is 0 Å². The zero-order valence-electron chi connectivity index (χ0n) is 20.9. The maximum atomic E-state index is 6.52. The molecule has 1 rings (SSSR count). The van der Waals surface area contributed by atoms with E-state index in [1.807, 2.05) is 0 Å². The molecule has 0 unspecified atom stereocenters. The Bertz CT molecular complexity index is 756. The molecule has 1 aromatic rings. The van der Waals surface area contributed by atoms with E-state index in [1.165, 1.54) is 0 Å². The third-order valence-electron chi connectivity index (χ3n) is 6.46. The SMILES string of the molecule is C#Cc1ncc(CO[Si](C)(C)C(C)(C)C)c(CO[Si](C)(C)C(C)(C)C)c1OCOC. The number of rotatable bonds is 9. The number of terminal acetylenes is 1. The summed E-state index contributed by atoms with van der Waals surface area (Å²) in [4.78, 5) is 4.44. The van der Waals surface area contributed by atoms with Crippen molar-refractivity contribution in [3.8, 4) is 18.1 Å². The number of aromatic nitrogens is 1. The maximum Gasteiger partial charge on any atom is 0.192 e. The highest BCUT2D eigenvalue weighted by atomic mass is 28.4. The molecular weight excluding hydrogens is 410 g/mol. The summed E-state index contributed by atoms with van der Waals surface area (Å²) in [6.07, 6.45) is 7.50. The second kappa shape index (κ2) is 9.96. The number of methoxy groups -OCH3 is 1. The van der Waals surface area contributed by atoms with Crippen LogP contribution in [-0.4, -0.2) is 35.5 Å². The van der Waals surface area contributed by atoms with Gasteiger partial charge in [0.2, 0.25) is 0 Å². The maximum absolute atomic E-state index is 6.52. The van der Waals surface area contributed by atoms with Crippen LogP contribution in [0.4, 0.5) is 0 Å². The third kappa shape index (κ3) is 6.66. The molecule has 1 heterocycles. The van der Waals surface area contributed by atoms with Crippen molar-refractivity contribution in [1.82, 2.24) is 4.98 Å². The molecule has 0 spiro atoms. The van der Waals surface area contributed by atoms with E-state index in [9.17, 15) is 0 Å². The van der Waals surface area contributed by atoms with E-state index in [2.05, 4.69) is 78.6 Å². The highest BCUT2D eigenvalue weighted by Crippen LogP contribution is 2.40. The first-order chi connectivity index (χ1) is 13.6. The van der Waals surface area contributed by atoms with Gasteiger partial charge in [0.05, 0.1) is 13.2 Å². The first-order valence-corrected chi connectivity index (χ1v) is 16.3. The highest BCUT2D eigenvalue weighted by Gasteiger charge is 2.39. The van der Waals surface area contributed by atoms with Crippen molar-refractivity contribution in [2.24, 2.45) is 0 Å². The van der Waals surface area contributed by atoms with E-state index in [0.29, 0.717) is 24.7 Å². The summed E-state index contributed by atoms with van der Waals surface area (Å²) in [5.74, 6) is 3.18. The molecule has 0 aliphatic heterocycles. The minimum absolute atomic E-state index is 0.0933. The van der Waals surface area contributed by atoms with Gasteiger partial charge in [0.15, 0.2) is 34.9 Å². The predicted molar refractivity (Wildman–Crippen MR) is 129 cm³/mol. The van der Waals surface area contributed by atoms with Crippen LogP contribution in [0.25, 0.3) is 0 Å². The summed E-state index contributed by atoms with van der Waals surface area (Å²) in [6, 6.07) is 0. The molecule has 0 saturated carbocycles. The third-order valence-corrected chi connectivity index (χ3v) is 15.4. The van der Waals surface area contributed by atoms with Crippen molar-refractivity contribution in [2.45, 2.75) is 91.0 Å². The summed E-state index contributed by atoms with van der Waals surface area (Å²) in [5, 5.41) is 0.215. The lowest BCUT2D eigenvalue weighted by atomic mass is 10.1. The monoisotopic (exact) mass is 451 g/mol. The number of nitrogens with zero attached hydrogens (tertiary/aromatic N) is 1. The lowest BCUT2D eigenvalue weighted by Crippen LogP contribution is -2.41. The lowest BCUT2D eigenvalue weighted by molar-refractivity contribution is 0.0488. The smallest absolute Gasteiger partial charge is 0.192 e. The van der Waals surface area contributed by atoms with Crippen molar-refractivity contribution in [3.05, 3.63) is 23.0 Å². The molecule has 0 aromatic carbocycles. The molecule has 0 atom stereocenters. The molecule has 0 bridgehead atoms. The van der Waals surface area contributed by atoms with Crippen LogP contribution >= 0.6 is 0 Å². The first-order valence-electron chi connectivity index (χ1n) is 10.4. The molecule has 0 aliphatic carbocycles. The average molecular weight is 452 g/mol. The topological polar surface area (TPSA) is 49.8 Å². The van der Waals surface area contributed by atoms with E-state index in [4.69, 9.17) is 24.7 Å². The number of hydrogen-bond donors (Lipinski definition) is 0. The summed E-state index contributed by atoms with van der Waals surface area (Å²) in [6.45, 7) is 23.3. The Morgan fingerprint density at radius 1 is 0.933 bits per heavy atom. The molecule has 7 heteroatoms. The molecular formula is C23H41NO4Si2. The number of pyridine rings is 1. The molecule has 30 heavy (non-hydrogen) atoms. The quantitative estimate of drug-likeness (QED) is 0.258. The Kier molecular flexibility index (Phi) is 8.92. The van der Waals surface area contributed by atoms with Crippen LogP contribution < -0.4 is 4.74 Å². The van der Waals surface area contributed by atoms with Gasteiger partial charge in [-0.2, -0.15) is 0 Å². The van der Waals surface area contributed by atoms with E-state index in [1.54, 1.807) is 13.3 Å². The first kappa shape index (κ1) is 26.9. The normalized spacial score (nSPS) is 13.3. The van der Waals surface area contributed by atoms with E-state index in [-0.39, 0.29) is 16.9 Å². The molecule has 0 N–H and O–H groups in total. The van der Waals surface area contributed by atoms with Crippen molar-refractivity contribution in [2.75, 3.05) is 13.9 Å². The van der Waals surface area contributed by atoms with Gasteiger partial charge in [-0.1, -0.05) is 41.5 Å². The second-order valence-corrected chi connectivity index (χ2v) is 20.4. The molecule has 0 aliphatic rings. The minimum atomic E-state index is -1.97. The van der Waals surface area contributed by atoms with Crippen LogP contribution in [0.15, 0.2) is 6.20 Å². The Labute approximate surface area is 186 Å². The molecule has 0 amide bonds. The fraction of sp³-hybridized carbons (Fsp3) is 0.696. The second-order valence-electron chi connectivity index (χ2n) is 10.7. The van der Waals surface area contributed by atoms with Gasteiger partial charge in [0.1, 0.15) is 0 Å². The van der Waals surface area contributed by atoms with Gasteiger partial charge in [-0.15, -0.1) is 6.42 Å². The van der Waals surface area contributed by atoms with Crippen molar-refractivity contribution in [1.29, 1.82) is 0 Å². The number of ether oxygens (including phenoxy) is 2. The van der Waals surface area contributed by atoms with Gasteiger partial charge in [-0.25, -0.2) is 4.98 Å². The van der Waals surface area contributed by atoms with Crippen LogP contribution in [-0.2, 0) is 26.8 Å². The molecule has 0 radical (unpaired) electrons. The Hall–Kier alpha value is -1.18. The fourth-order valence-electron chi connectivity index (χ4n) is 2.17. The summed E-state index contributed by atoms with van der Waals surface area (Å²) in [7, 11) is -2.32. The zero-order valence-corrected chi connectivity index (χ0v) is 22.9. The van der Waals surface area contributed by atoms with Gasteiger partial charge in [-0.05, 0) is 42.2 Å². The molecule has 1 aromatic heterocycles. The van der Waals surface area contributed by atoms with Crippen molar-refractivity contribution >= 4 is 16.6 Å². The van der Waals surface area contributed by atoms with Gasteiger partial charge in [0.25, 0.3) is 0 Å². The molecule has 170 valence electrons. The zero-order chi connectivity index (χ0) is 23.4. The van der Waals surface area contributed by atoms with Crippen LogP contribution in [0.5, 0.6) is 5.75 Å². The van der Waals surface area contributed by atoms with Crippen molar-refractivity contribution < 1.29 is 18.3 Å². The lowest BCUT2D eigenvalue weighted by Gasteiger charge is -2.37. The van der Waals surface area contributed by atoms with Crippen LogP contribution in [0, 0.1) is 12.3 Å². The van der Waals surface area contributed by atoms with E-state index in [0.717, 1.165) is 11.1 Å². The van der Waals surface area contributed by atoms with Gasteiger partial charge >= 0.3 is 0 Å². The van der Waals surface area contributed by atoms with Crippen LogP contribution in [0.1, 0.15) is 58.4 Å². The minimum Gasteiger partial charge on any atom is -0.464 e. The fourth-order valence-corrected chi connectivity index (χ4v) is 4.06. The largest absolute Gasteiger partial charge is 0.464 e. The number of hydrogen-bond acceptors (Lipinski definition) is 5.